The second-order valence-corrected chi connectivity index (χ2v) is 5.84. The van der Waals surface area contributed by atoms with Crippen molar-refractivity contribution in [2.24, 2.45) is 0 Å². The molecule has 2 aromatic rings. The van der Waals surface area contributed by atoms with Gasteiger partial charge in [0, 0.05) is 11.7 Å². The van der Waals surface area contributed by atoms with Crippen LogP contribution < -0.4 is 15.4 Å². The summed E-state index contributed by atoms with van der Waals surface area (Å²) in [5, 5.41) is 6.21. The third-order valence-corrected chi connectivity index (χ3v) is 4.01. The van der Waals surface area contributed by atoms with E-state index in [9.17, 15) is 4.79 Å². The largest absolute Gasteiger partial charge is 0.457 e. The second kappa shape index (κ2) is 7.68. The summed E-state index contributed by atoms with van der Waals surface area (Å²) >= 11 is 0. The molecule has 1 aliphatic carbocycles. The van der Waals surface area contributed by atoms with E-state index in [1.807, 2.05) is 54.6 Å². The molecule has 1 saturated carbocycles. The van der Waals surface area contributed by atoms with E-state index in [-0.39, 0.29) is 5.91 Å². The number of amides is 1. The fourth-order valence-electron chi connectivity index (χ4n) is 2.80. The maximum atomic E-state index is 11.9. The van der Waals surface area contributed by atoms with Crippen molar-refractivity contribution in [2.75, 3.05) is 11.9 Å². The number of para-hydroxylation sites is 1. The molecule has 0 spiro atoms. The van der Waals surface area contributed by atoms with Crippen molar-refractivity contribution < 1.29 is 9.53 Å². The van der Waals surface area contributed by atoms with Gasteiger partial charge < -0.3 is 15.4 Å². The standard InChI is InChI=1S/C19H22N2O2/c22-19(21-16-6-4-5-7-16)14-20-15-10-12-18(13-11-15)23-17-8-2-1-3-9-17/h1-3,8-13,16,20H,4-7,14H2,(H,21,22). The molecule has 0 heterocycles. The van der Waals surface area contributed by atoms with Gasteiger partial charge in [-0.2, -0.15) is 0 Å². The Labute approximate surface area is 136 Å². The zero-order valence-corrected chi connectivity index (χ0v) is 13.1. The number of ether oxygens (including phenoxy) is 1. The first-order chi connectivity index (χ1) is 11.3. The topological polar surface area (TPSA) is 50.4 Å². The molecule has 4 heteroatoms. The quantitative estimate of drug-likeness (QED) is 0.849. The average molecular weight is 310 g/mol. The third-order valence-electron chi connectivity index (χ3n) is 4.01. The SMILES string of the molecule is O=C(CNc1ccc(Oc2ccccc2)cc1)NC1CCCC1. The highest BCUT2D eigenvalue weighted by Gasteiger charge is 2.16. The van der Waals surface area contributed by atoms with E-state index in [1.165, 1.54) is 12.8 Å². The molecule has 1 aliphatic rings. The number of anilines is 1. The number of rotatable bonds is 6. The van der Waals surface area contributed by atoms with E-state index in [2.05, 4.69) is 10.6 Å². The summed E-state index contributed by atoms with van der Waals surface area (Å²) in [7, 11) is 0. The molecular weight excluding hydrogens is 288 g/mol. The zero-order chi connectivity index (χ0) is 15.9. The molecule has 0 aliphatic heterocycles. The summed E-state index contributed by atoms with van der Waals surface area (Å²) in [6.45, 7) is 0.301. The number of hydrogen-bond acceptors (Lipinski definition) is 3. The summed E-state index contributed by atoms with van der Waals surface area (Å²) in [4.78, 5) is 11.9. The Bertz CT molecular complexity index is 620. The second-order valence-electron chi connectivity index (χ2n) is 5.84. The summed E-state index contributed by atoms with van der Waals surface area (Å²) in [5.74, 6) is 1.64. The van der Waals surface area contributed by atoms with Crippen LogP contribution in [0.25, 0.3) is 0 Å². The van der Waals surface area contributed by atoms with Crippen LogP contribution in [0, 0.1) is 0 Å². The molecule has 4 nitrogen and oxygen atoms in total. The predicted molar refractivity (Wildman–Crippen MR) is 91.8 cm³/mol. The highest BCUT2D eigenvalue weighted by atomic mass is 16.5. The zero-order valence-electron chi connectivity index (χ0n) is 13.1. The lowest BCUT2D eigenvalue weighted by molar-refractivity contribution is -0.120. The molecule has 0 aromatic heterocycles. The summed E-state index contributed by atoms with van der Waals surface area (Å²) < 4.78 is 5.74. The van der Waals surface area contributed by atoms with Crippen LogP contribution in [0.1, 0.15) is 25.7 Å². The van der Waals surface area contributed by atoms with Gasteiger partial charge in [0.05, 0.1) is 6.54 Å². The Balaban J connectivity index is 1.46. The molecule has 0 radical (unpaired) electrons. The number of benzene rings is 2. The Morgan fingerprint density at radius 2 is 1.61 bits per heavy atom. The van der Waals surface area contributed by atoms with Crippen molar-refractivity contribution in [1.29, 1.82) is 0 Å². The van der Waals surface area contributed by atoms with Crippen LogP contribution in [-0.2, 0) is 4.79 Å². The Hall–Kier alpha value is -2.49. The van der Waals surface area contributed by atoms with Crippen molar-refractivity contribution in [3.8, 4) is 11.5 Å². The van der Waals surface area contributed by atoms with Gasteiger partial charge in [0.15, 0.2) is 0 Å². The van der Waals surface area contributed by atoms with Crippen molar-refractivity contribution in [2.45, 2.75) is 31.7 Å². The van der Waals surface area contributed by atoms with Gasteiger partial charge in [-0.25, -0.2) is 0 Å². The van der Waals surface area contributed by atoms with Crippen LogP contribution in [0.5, 0.6) is 11.5 Å². The van der Waals surface area contributed by atoms with Crippen LogP contribution >= 0.6 is 0 Å². The molecule has 3 rings (SSSR count). The van der Waals surface area contributed by atoms with E-state index in [0.717, 1.165) is 30.0 Å². The molecule has 0 atom stereocenters. The number of carbonyl (C=O) groups is 1. The predicted octanol–water partition coefficient (Wildman–Crippen LogP) is 3.95. The lowest BCUT2D eigenvalue weighted by Gasteiger charge is -2.13. The molecule has 1 amide bonds. The molecule has 23 heavy (non-hydrogen) atoms. The van der Waals surface area contributed by atoms with E-state index in [0.29, 0.717) is 12.6 Å². The summed E-state index contributed by atoms with van der Waals surface area (Å²) in [5.41, 5.74) is 0.909. The van der Waals surface area contributed by atoms with Gasteiger partial charge in [-0.05, 0) is 49.2 Å². The van der Waals surface area contributed by atoms with Gasteiger partial charge in [-0.3, -0.25) is 4.79 Å². The molecule has 0 saturated heterocycles. The van der Waals surface area contributed by atoms with Gasteiger partial charge in [0.2, 0.25) is 5.91 Å². The minimum absolute atomic E-state index is 0.0570. The molecule has 2 N–H and O–H groups in total. The van der Waals surface area contributed by atoms with Crippen molar-refractivity contribution >= 4 is 11.6 Å². The summed E-state index contributed by atoms with van der Waals surface area (Å²) in [6, 6.07) is 17.7. The lowest BCUT2D eigenvalue weighted by atomic mass is 10.2. The first-order valence-corrected chi connectivity index (χ1v) is 8.16. The maximum Gasteiger partial charge on any atom is 0.239 e. The van der Waals surface area contributed by atoms with Crippen LogP contribution in [0.2, 0.25) is 0 Å². The molecule has 1 fully saturated rings. The summed E-state index contributed by atoms with van der Waals surface area (Å²) in [6.07, 6.45) is 4.66. The molecule has 0 unspecified atom stereocenters. The first kappa shape index (κ1) is 15.4. The van der Waals surface area contributed by atoms with Crippen LogP contribution in [0.4, 0.5) is 5.69 Å². The maximum absolute atomic E-state index is 11.9. The Morgan fingerprint density at radius 1 is 0.957 bits per heavy atom. The molecule has 0 bridgehead atoms. The van der Waals surface area contributed by atoms with Crippen LogP contribution in [0.3, 0.4) is 0 Å². The van der Waals surface area contributed by atoms with Gasteiger partial charge in [0.1, 0.15) is 11.5 Å². The fraction of sp³-hybridized carbons (Fsp3) is 0.316. The smallest absolute Gasteiger partial charge is 0.239 e. The van der Waals surface area contributed by atoms with E-state index < -0.39 is 0 Å². The average Bonchev–Trinajstić information content (AvgIpc) is 3.08. The third kappa shape index (κ3) is 4.74. The van der Waals surface area contributed by atoms with Crippen LogP contribution in [-0.4, -0.2) is 18.5 Å². The van der Waals surface area contributed by atoms with Gasteiger partial charge in [-0.15, -0.1) is 0 Å². The highest BCUT2D eigenvalue weighted by molar-refractivity contribution is 5.81. The van der Waals surface area contributed by atoms with Crippen LogP contribution in [0.15, 0.2) is 54.6 Å². The van der Waals surface area contributed by atoms with E-state index in [1.54, 1.807) is 0 Å². The number of nitrogens with one attached hydrogen (secondary N) is 2. The van der Waals surface area contributed by atoms with Crippen molar-refractivity contribution in [3.63, 3.8) is 0 Å². The number of carbonyl (C=O) groups excluding carboxylic acids is 1. The van der Waals surface area contributed by atoms with Crippen molar-refractivity contribution in [1.82, 2.24) is 5.32 Å². The van der Waals surface area contributed by atoms with Crippen molar-refractivity contribution in [3.05, 3.63) is 54.6 Å². The minimum Gasteiger partial charge on any atom is -0.457 e. The monoisotopic (exact) mass is 310 g/mol. The Morgan fingerprint density at radius 3 is 2.30 bits per heavy atom. The Kier molecular flexibility index (Phi) is 5.14. The minimum atomic E-state index is 0.0570. The lowest BCUT2D eigenvalue weighted by Crippen LogP contribution is -2.36. The molecular formula is C19H22N2O2. The van der Waals surface area contributed by atoms with E-state index in [4.69, 9.17) is 4.74 Å². The van der Waals surface area contributed by atoms with Gasteiger partial charge >= 0.3 is 0 Å². The van der Waals surface area contributed by atoms with Gasteiger partial charge in [0.25, 0.3) is 0 Å². The highest BCUT2D eigenvalue weighted by Crippen LogP contribution is 2.22. The van der Waals surface area contributed by atoms with Gasteiger partial charge in [-0.1, -0.05) is 31.0 Å². The first-order valence-electron chi connectivity index (χ1n) is 8.16. The number of hydrogen-bond donors (Lipinski definition) is 2. The molecule has 2 aromatic carbocycles. The molecule has 120 valence electrons. The normalized spacial score (nSPS) is 14.4. The van der Waals surface area contributed by atoms with E-state index >= 15 is 0 Å². The fourth-order valence-corrected chi connectivity index (χ4v) is 2.80.